The third kappa shape index (κ3) is 5.43. The lowest BCUT2D eigenvalue weighted by atomic mass is 10.1. The van der Waals surface area contributed by atoms with E-state index >= 15 is 0 Å². The predicted octanol–water partition coefficient (Wildman–Crippen LogP) is 1.95. The molecule has 1 unspecified atom stereocenters. The number of benzene rings is 1. The van der Waals surface area contributed by atoms with Gasteiger partial charge in [-0.05, 0) is 24.1 Å². The number of urea groups is 1. The van der Waals surface area contributed by atoms with Crippen molar-refractivity contribution in [2.24, 2.45) is 0 Å². The number of nitrogens with one attached hydrogen (secondary N) is 1. The van der Waals surface area contributed by atoms with E-state index in [9.17, 15) is 9.59 Å². The average Bonchev–Trinajstić information content (AvgIpc) is 2.47. The Labute approximate surface area is 124 Å². The second kappa shape index (κ2) is 8.26. The highest BCUT2D eigenvalue weighted by Gasteiger charge is 2.14. The van der Waals surface area contributed by atoms with Crippen LogP contribution in [0.3, 0.4) is 0 Å². The second-order valence-electron chi connectivity index (χ2n) is 4.87. The molecule has 1 aromatic rings. The third-order valence-electron chi connectivity index (χ3n) is 3.16. The van der Waals surface area contributed by atoms with Crippen molar-refractivity contribution < 1.29 is 19.4 Å². The first-order valence-electron chi connectivity index (χ1n) is 6.80. The van der Waals surface area contributed by atoms with E-state index in [1.807, 2.05) is 6.92 Å². The average molecular weight is 294 g/mol. The Balaban J connectivity index is 2.57. The molecule has 0 bridgehead atoms. The van der Waals surface area contributed by atoms with E-state index in [1.165, 1.54) is 12.1 Å². The van der Waals surface area contributed by atoms with Crippen molar-refractivity contribution in [1.82, 2.24) is 10.2 Å². The quantitative estimate of drug-likeness (QED) is 0.805. The number of carboxylic acids is 1. The molecule has 21 heavy (non-hydrogen) atoms. The molecule has 2 N–H and O–H groups in total. The van der Waals surface area contributed by atoms with Crippen molar-refractivity contribution in [3.05, 3.63) is 35.4 Å². The van der Waals surface area contributed by atoms with Crippen LogP contribution in [0.25, 0.3) is 0 Å². The number of carbonyl (C=O) groups excluding carboxylic acids is 1. The van der Waals surface area contributed by atoms with Gasteiger partial charge in [0, 0.05) is 20.7 Å². The first-order valence-corrected chi connectivity index (χ1v) is 6.80. The number of amides is 2. The summed E-state index contributed by atoms with van der Waals surface area (Å²) in [7, 11) is 3.29. The van der Waals surface area contributed by atoms with E-state index in [2.05, 4.69) is 5.32 Å². The summed E-state index contributed by atoms with van der Waals surface area (Å²) in [4.78, 5) is 24.4. The Hall–Kier alpha value is -2.08. The summed E-state index contributed by atoms with van der Waals surface area (Å²) < 4.78 is 5.04. The number of carboxylic acid groups (broad SMARTS) is 1. The van der Waals surface area contributed by atoms with Crippen LogP contribution in [0.4, 0.5) is 4.79 Å². The van der Waals surface area contributed by atoms with E-state index in [0.29, 0.717) is 13.2 Å². The van der Waals surface area contributed by atoms with Gasteiger partial charge in [-0.1, -0.05) is 19.1 Å². The lowest BCUT2D eigenvalue weighted by molar-refractivity contribution is 0.0697. The smallest absolute Gasteiger partial charge is 0.335 e. The molecule has 116 valence electrons. The molecule has 0 aliphatic carbocycles. The fraction of sp³-hybridized carbons (Fsp3) is 0.467. The zero-order valence-corrected chi connectivity index (χ0v) is 12.6. The highest BCUT2D eigenvalue weighted by Crippen LogP contribution is 2.07. The minimum Gasteiger partial charge on any atom is -0.478 e. The minimum absolute atomic E-state index is 0.0145. The van der Waals surface area contributed by atoms with E-state index in [1.54, 1.807) is 31.2 Å². The number of hydrogen-bond donors (Lipinski definition) is 2. The Morgan fingerprint density at radius 2 is 1.95 bits per heavy atom. The number of rotatable bonds is 7. The number of hydrogen-bond acceptors (Lipinski definition) is 3. The maximum Gasteiger partial charge on any atom is 0.335 e. The van der Waals surface area contributed by atoms with Crippen LogP contribution < -0.4 is 5.32 Å². The van der Waals surface area contributed by atoms with Crippen molar-refractivity contribution in [2.75, 3.05) is 20.8 Å². The maximum atomic E-state index is 12.0. The number of ether oxygens (including phenoxy) is 1. The molecule has 1 aromatic carbocycles. The summed E-state index contributed by atoms with van der Waals surface area (Å²) in [6.45, 7) is 2.87. The van der Waals surface area contributed by atoms with Gasteiger partial charge >= 0.3 is 12.0 Å². The van der Waals surface area contributed by atoms with Crippen LogP contribution in [-0.4, -0.2) is 48.8 Å². The molecule has 0 aromatic heterocycles. The van der Waals surface area contributed by atoms with Gasteiger partial charge in [0.1, 0.15) is 0 Å². The van der Waals surface area contributed by atoms with Crippen LogP contribution >= 0.6 is 0 Å². The molecule has 2 amide bonds. The lowest BCUT2D eigenvalue weighted by Gasteiger charge is -2.22. The second-order valence-corrected chi connectivity index (χ2v) is 4.87. The minimum atomic E-state index is -0.960. The van der Waals surface area contributed by atoms with Gasteiger partial charge in [0.15, 0.2) is 0 Å². The molecule has 0 radical (unpaired) electrons. The van der Waals surface area contributed by atoms with Crippen molar-refractivity contribution in [3.63, 3.8) is 0 Å². The first kappa shape index (κ1) is 17.0. The fourth-order valence-corrected chi connectivity index (χ4v) is 1.85. The van der Waals surface area contributed by atoms with Crippen LogP contribution in [0.5, 0.6) is 0 Å². The number of methoxy groups -OCH3 is 1. The SMILES string of the molecule is CCC(COC)NC(=O)N(C)Cc1ccc(C(=O)O)cc1. The van der Waals surface area contributed by atoms with Crippen LogP contribution in [-0.2, 0) is 11.3 Å². The molecule has 0 spiro atoms. The zero-order chi connectivity index (χ0) is 15.8. The molecule has 0 saturated heterocycles. The molecule has 1 rings (SSSR count). The van der Waals surface area contributed by atoms with Gasteiger partial charge in [-0.3, -0.25) is 0 Å². The van der Waals surface area contributed by atoms with E-state index < -0.39 is 5.97 Å². The molecule has 0 aliphatic heterocycles. The van der Waals surface area contributed by atoms with Crippen LogP contribution in [0.1, 0.15) is 29.3 Å². The molecule has 0 fully saturated rings. The largest absolute Gasteiger partial charge is 0.478 e. The topological polar surface area (TPSA) is 78.9 Å². The van der Waals surface area contributed by atoms with Crippen molar-refractivity contribution in [2.45, 2.75) is 25.9 Å². The molecule has 6 heteroatoms. The molecule has 6 nitrogen and oxygen atoms in total. The molecule has 1 atom stereocenters. The van der Waals surface area contributed by atoms with Gasteiger partial charge in [-0.25, -0.2) is 9.59 Å². The molecule has 0 saturated carbocycles. The molecular weight excluding hydrogens is 272 g/mol. The molecule has 0 heterocycles. The van der Waals surface area contributed by atoms with Gasteiger partial charge in [0.25, 0.3) is 0 Å². The molecule has 0 aliphatic rings. The van der Waals surface area contributed by atoms with Crippen molar-refractivity contribution in [1.29, 1.82) is 0 Å². The van der Waals surface area contributed by atoms with Gasteiger partial charge in [-0.2, -0.15) is 0 Å². The summed E-state index contributed by atoms with van der Waals surface area (Å²) in [6, 6.07) is 6.28. The first-order chi connectivity index (χ1) is 9.97. The van der Waals surface area contributed by atoms with Crippen molar-refractivity contribution in [3.8, 4) is 0 Å². The standard InChI is InChI=1S/C15H22N2O4/c1-4-13(10-21-3)16-15(20)17(2)9-11-5-7-12(8-6-11)14(18)19/h5-8,13H,4,9-10H2,1-3H3,(H,16,20)(H,18,19). The van der Waals surface area contributed by atoms with E-state index in [-0.39, 0.29) is 17.6 Å². The van der Waals surface area contributed by atoms with Crippen LogP contribution in [0.15, 0.2) is 24.3 Å². The highest BCUT2D eigenvalue weighted by molar-refractivity contribution is 5.87. The molecular formula is C15H22N2O4. The maximum absolute atomic E-state index is 12.0. The monoisotopic (exact) mass is 294 g/mol. The van der Waals surface area contributed by atoms with E-state index in [0.717, 1.165) is 12.0 Å². The van der Waals surface area contributed by atoms with Gasteiger partial charge in [0.2, 0.25) is 0 Å². The number of nitrogens with zero attached hydrogens (tertiary/aromatic N) is 1. The Bertz CT molecular complexity index is 473. The van der Waals surface area contributed by atoms with Crippen molar-refractivity contribution >= 4 is 12.0 Å². The van der Waals surface area contributed by atoms with Crippen LogP contribution in [0, 0.1) is 0 Å². The normalized spacial score (nSPS) is 11.8. The highest BCUT2D eigenvalue weighted by atomic mass is 16.5. The summed E-state index contributed by atoms with van der Waals surface area (Å²) in [5.74, 6) is -0.960. The lowest BCUT2D eigenvalue weighted by Crippen LogP contribution is -2.44. The number of aromatic carboxylic acids is 1. The Kier molecular flexibility index (Phi) is 6.68. The summed E-state index contributed by atoms with van der Waals surface area (Å²) in [5, 5.41) is 11.7. The van der Waals surface area contributed by atoms with Gasteiger partial charge < -0.3 is 20.1 Å². The zero-order valence-electron chi connectivity index (χ0n) is 12.6. The van der Waals surface area contributed by atoms with E-state index in [4.69, 9.17) is 9.84 Å². The summed E-state index contributed by atoms with van der Waals surface area (Å²) in [6.07, 6.45) is 0.792. The van der Waals surface area contributed by atoms with Crippen LogP contribution in [0.2, 0.25) is 0 Å². The number of carbonyl (C=O) groups is 2. The Morgan fingerprint density at radius 3 is 2.43 bits per heavy atom. The Morgan fingerprint density at radius 1 is 1.33 bits per heavy atom. The van der Waals surface area contributed by atoms with Gasteiger partial charge in [-0.15, -0.1) is 0 Å². The third-order valence-corrected chi connectivity index (χ3v) is 3.16. The predicted molar refractivity (Wildman–Crippen MR) is 79.4 cm³/mol. The fourth-order valence-electron chi connectivity index (χ4n) is 1.85. The summed E-state index contributed by atoms with van der Waals surface area (Å²) >= 11 is 0. The summed E-state index contributed by atoms with van der Waals surface area (Å²) in [5.41, 5.74) is 1.11. The van der Waals surface area contributed by atoms with Gasteiger partial charge in [0.05, 0.1) is 18.2 Å².